The van der Waals surface area contributed by atoms with E-state index in [1.165, 1.54) is 0 Å². The van der Waals surface area contributed by atoms with Crippen molar-refractivity contribution in [3.05, 3.63) is 89.5 Å². The number of sulfonamides is 1. The normalized spacial score (nSPS) is 15.8. The predicted molar refractivity (Wildman–Crippen MR) is 115 cm³/mol. The maximum absolute atomic E-state index is 13.4. The Morgan fingerprint density at radius 3 is 2.38 bits per heavy atom. The number of nitrogens with zero attached hydrogens (tertiary/aromatic N) is 1. The number of fused-ring (bicyclic) bond motifs is 1. The molecule has 4 rings (SSSR count). The van der Waals surface area contributed by atoms with Crippen LogP contribution in [0.5, 0.6) is 0 Å². The van der Waals surface area contributed by atoms with Crippen molar-refractivity contribution in [1.29, 1.82) is 0 Å². The largest absolute Gasteiger partial charge is 0.305 e. The van der Waals surface area contributed by atoms with Crippen molar-refractivity contribution in [3.63, 3.8) is 0 Å². The molecule has 0 bridgehead atoms. The summed E-state index contributed by atoms with van der Waals surface area (Å²) in [7, 11) is -3.80. The molecule has 0 fully saturated rings. The highest BCUT2D eigenvalue weighted by Crippen LogP contribution is 2.34. The van der Waals surface area contributed by atoms with Crippen LogP contribution < -0.4 is 9.62 Å². The summed E-state index contributed by atoms with van der Waals surface area (Å²) in [5.74, 6) is -0.218. The molecule has 3 aromatic rings. The second-order valence-electron chi connectivity index (χ2n) is 7.32. The lowest BCUT2D eigenvalue weighted by molar-refractivity contribution is 0.0982. The SMILES string of the molecule is Cc1ccc(S(=O)(=O)Nc2ccccc2C(=O)N2c3ccccc3C[C@H]2C)cc1. The quantitative estimate of drug-likeness (QED) is 0.699. The van der Waals surface area contributed by atoms with Crippen LogP contribution in [0.25, 0.3) is 0 Å². The Morgan fingerprint density at radius 1 is 0.966 bits per heavy atom. The third-order valence-corrected chi connectivity index (χ3v) is 6.54. The topological polar surface area (TPSA) is 66.5 Å². The van der Waals surface area contributed by atoms with Gasteiger partial charge in [-0.1, -0.05) is 48.0 Å². The van der Waals surface area contributed by atoms with Gasteiger partial charge in [-0.2, -0.15) is 0 Å². The van der Waals surface area contributed by atoms with Crippen LogP contribution in [0.4, 0.5) is 11.4 Å². The predicted octanol–water partition coefficient (Wildman–Crippen LogP) is 4.39. The van der Waals surface area contributed by atoms with Gasteiger partial charge in [-0.3, -0.25) is 9.52 Å². The Hall–Kier alpha value is -3.12. The fourth-order valence-corrected chi connectivity index (χ4v) is 4.76. The molecule has 0 saturated carbocycles. The molecule has 0 radical (unpaired) electrons. The highest BCUT2D eigenvalue weighted by Gasteiger charge is 2.32. The standard InChI is InChI=1S/C23H22N2O3S/c1-16-11-13-19(14-12-16)29(27,28)24-21-9-5-4-8-20(21)23(26)25-17(2)15-18-7-3-6-10-22(18)25/h3-14,17,24H,15H2,1-2H3/t17-/m1/s1. The van der Waals surface area contributed by atoms with Crippen LogP contribution in [0, 0.1) is 6.92 Å². The number of para-hydroxylation sites is 2. The second-order valence-corrected chi connectivity index (χ2v) is 9.00. The maximum atomic E-state index is 13.4. The molecular weight excluding hydrogens is 384 g/mol. The molecule has 3 aromatic carbocycles. The summed E-state index contributed by atoms with van der Waals surface area (Å²) in [5, 5.41) is 0. The fraction of sp³-hybridized carbons (Fsp3) is 0.174. The summed E-state index contributed by atoms with van der Waals surface area (Å²) in [6.07, 6.45) is 0.777. The van der Waals surface area contributed by atoms with Crippen molar-refractivity contribution in [2.24, 2.45) is 0 Å². The number of aryl methyl sites for hydroxylation is 1. The van der Waals surface area contributed by atoms with Crippen molar-refractivity contribution < 1.29 is 13.2 Å². The van der Waals surface area contributed by atoms with E-state index in [2.05, 4.69) is 4.72 Å². The number of rotatable bonds is 4. The minimum atomic E-state index is -3.80. The Balaban J connectivity index is 1.69. The van der Waals surface area contributed by atoms with Crippen LogP contribution in [0.1, 0.15) is 28.4 Å². The molecule has 6 heteroatoms. The van der Waals surface area contributed by atoms with Crippen LogP contribution in [-0.2, 0) is 16.4 Å². The highest BCUT2D eigenvalue weighted by molar-refractivity contribution is 7.92. The molecule has 1 atom stereocenters. The molecule has 0 aliphatic carbocycles. The molecule has 148 valence electrons. The number of carbonyl (C=O) groups is 1. The second kappa shape index (κ2) is 7.37. The molecule has 1 amide bonds. The zero-order valence-corrected chi connectivity index (χ0v) is 17.1. The van der Waals surface area contributed by atoms with E-state index in [4.69, 9.17) is 0 Å². The Morgan fingerprint density at radius 2 is 1.62 bits per heavy atom. The third-order valence-electron chi connectivity index (χ3n) is 5.16. The van der Waals surface area contributed by atoms with E-state index in [1.807, 2.05) is 38.1 Å². The summed E-state index contributed by atoms with van der Waals surface area (Å²) >= 11 is 0. The number of carbonyl (C=O) groups excluding carboxylic acids is 1. The van der Waals surface area contributed by atoms with E-state index in [9.17, 15) is 13.2 Å². The first-order chi connectivity index (χ1) is 13.9. The van der Waals surface area contributed by atoms with E-state index in [1.54, 1.807) is 53.4 Å². The summed E-state index contributed by atoms with van der Waals surface area (Å²) in [4.78, 5) is 15.3. The summed E-state index contributed by atoms with van der Waals surface area (Å²) < 4.78 is 28.3. The van der Waals surface area contributed by atoms with Gasteiger partial charge in [-0.05, 0) is 56.2 Å². The molecule has 0 aromatic heterocycles. The van der Waals surface area contributed by atoms with Crippen LogP contribution >= 0.6 is 0 Å². The third kappa shape index (κ3) is 3.63. The first kappa shape index (κ1) is 19.2. The first-order valence-electron chi connectivity index (χ1n) is 9.47. The van der Waals surface area contributed by atoms with Gasteiger partial charge in [0.1, 0.15) is 0 Å². The van der Waals surface area contributed by atoms with Crippen molar-refractivity contribution >= 4 is 27.3 Å². The van der Waals surface area contributed by atoms with E-state index in [-0.39, 0.29) is 22.5 Å². The maximum Gasteiger partial charge on any atom is 0.261 e. The molecule has 29 heavy (non-hydrogen) atoms. The highest BCUT2D eigenvalue weighted by atomic mass is 32.2. The lowest BCUT2D eigenvalue weighted by atomic mass is 10.1. The van der Waals surface area contributed by atoms with Crippen molar-refractivity contribution in [3.8, 4) is 0 Å². The monoisotopic (exact) mass is 406 g/mol. The van der Waals surface area contributed by atoms with E-state index in [0.717, 1.165) is 23.2 Å². The van der Waals surface area contributed by atoms with Gasteiger partial charge in [-0.15, -0.1) is 0 Å². The molecule has 1 aliphatic heterocycles. The minimum absolute atomic E-state index is 0.00154. The van der Waals surface area contributed by atoms with Gasteiger partial charge in [0.15, 0.2) is 0 Å². The fourth-order valence-electron chi connectivity index (χ4n) is 3.68. The van der Waals surface area contributed by atoms with Gasteiger partial charge in [-0.25, -0.2) is 8.42 Å². The zero-order valence-electron chi connectivity index (χ0n) is 16.3. The van der Waals surface area contributed by atoms with Gasteiger partial charge >= 0.3 is 0 Å². The van der Waals surface area contributed by atoms with Gasteiger partial charge in [0, 0.05) is 11.7 Å². The average Bonchev–Trinajstić information content (AvgIpc) is 3.03. The Kier molecular flexibility index (Phi) is 4.88. The van der Waals surface area contributed by atoms with Gasteiger partial charge in [0.25, 0.3) is 15.9 Å². The average molecular weight is 407 g/mol. The Labute approximate surface area is 171 Å². The first-order valence-corrected chi connectivity index (χ1v) is 10.9. The van der Waals surface area contributed by atoms with Crippen molar-refractivity contribution in [2.75, 3.05) is 9.62 Å². The van der Waals surface area contributed by atoms with Crippen molar-refractivity contribution in [1.82, 2.24) is 0 Å². The van der Waals surface area contributed by atoms with E-state index < -0.39 is 10.0 Å². The molecule has 0 unspecified atom stereocenters. The van der Waals surface area contributed by atoms with Gasteiger partial charge in [0.05, 0.1) is 16.1 Å². The van der Waals surface area contributed by atoms with E-state index in [0.29, 0.717) is 5.56 Å². The molecule has 1 aliphatic rings. The molecule has 1 N–H and O–H groups in total. The number of anilines is 2. The lowest BCUT2D eigenvalue weighted by Crippen LogP contribution is -2.36. The van der Waals surface area contributed by atoms with Crippen LogP contribution in [0.2, 0.25) is 0 Å². The minimum Gasteiger partial charge on any atom is -0.305 e. The number of hydrogen-bond donors (Lipinski definition) is 1. The molecule has 0 spiro atoms. The lowest BCUT2D eigenvalue weighted by Gasteiger charge is -2.24. The number of amides is 1. The number of hydrogen-bond acceptors (Lipinski definition) is 3. The van der Waals surface area contributed by atoms with Crippen LogP contribution in [0.15, 0.2) is 77.7 Å². The van der Waals surface area contributed by atoms with Gasteiger partial charge < -0.3 is 4.90 Å². The molecule has 1 heterocycles. The molecular formula is C23H22N2O3S. The smallest absolute Gasteiger partial charge is 0.261 e. The van der Waals surface area contributed by atoms with Crippen molar-refractivity contribution in [2.45, 2.75) is 31.2 Å². The molecule has 5 nitrogen and oxygen atoms in total. The Bertz CT molecular complexity index is 1170. The number of nitrogens with one attached hydrogen (secondary N) is 1. The van der Waals surface area contributed by atoms with Gasteiger partial charge in [0.2, 0.25) is 0 Å². The van der Waals surface area contributed by atoms with Crippen LogP contribution in [0.3, 0.4) is 0 Å². The summed E-state index contributed by atoms with van der Waals surface area (Å²) in [5.41, 5.74) is 3.56. The van der Waals surface area contributed by atoms with E-state index >= 15 is 0 Å². The molecule has 0 saturated heterocycles. The summed E-state index contributed by atoms with van der Waals surface area (Å²) in [6.45, 7) is 3.89. The zero-order chi connectivity index (χ0) is 20.6. The van der Waals surface area contributed by atoms with Crippen LogP contribution in [-0.4, -0.2) is 20.4 Å². The summed E-state index contributed by atoms with van der Waals surface area (Å²) in [6, 6.07) is 21.1. The number of benzene rings is 3.